The van der Waals surface area contributed by atoms with Gasteiger partial charge in [0.2, 0.25) is 0 Å². The molecule has 156 valence electrons. The number of piperidine rings is 2. The van der Waals surface area contributed by atoms with Crippen LogP contribution in [-0.4, -0.2) is 62.6 Å². The Morgan fingerprint density at radius 1 is 1.17 bits per heavy atom. The summed E-state index contributed by atoms with van der Waals surface area (Å²) < 4.78 is 1.87. The van der Waals surface area contributed by atoms with Gasteiger partial charge in [0.15, 0.2) is 0 Å². The van der Waals surface area contributed by atoms with Crippen molar-refractivity contribution in [1.82, 2.24) is 19.3 Å². The first kappa shape index (κ1) is 19.3. The standard InChI is InChI=1S/C22H24ClN5O2/c23-17-2-4-20(25-12-17)28-14-18(29)11-22(15-28)5-8-26(9-6-22)21(30)16-1-3-19-24-7-10-27(19)13-16/h1-4,7,10,12-13,18,29H,5-6,8-9,11,14-15H2. The number of carbonyl (C=O) groups is 1. The van der Waals surface area contributed by atoms with Crippen molar-refractivity contribution in [3.63, 3.8) is 0 Å². The Morgan fingerprint density at radius 2 is 2.00 bits per heavy atom. The third-order valence-corrected chi connectivity index (χ3v) is 6.63. The van der Waals surface area contributed by atoms with Gasteiger partial charge in [-0.15, -0.1) is 0 Å². The number of hydrogen-bond acceptors (Lipinski definition) is 5. The van der Waals surface area contributed by atoms with Crippen molar-refractivity contribution in [1.29, 1.82) is 0 Å². The number of hydrogen-bond donors (Lipinski definition) is 1. The van der Waals surface area contributed by atoms with Crippen molar-refractivity contribution < 1.29 is 9.90 Å². The van der Waals surface area contributed by atoms with Gasteiger partial charge in [0, 0.05) is 51.0 Å². The van der Waals surface area contributed by atoms with Gasteiger partial charge >= 0.3 is 0 Å². The minimum Gasteiger partial charge on any atom is -0.391 e. The monoisotopic (exact) mass is 425 g/mol. The molecule has 0 saturated carbocycles. The zero-order valence-corrected chi connectivity index (χ0v) is 17.4. The van der Waals surface area contributed by atoms with Gasteiger partial charge in [0.1, 0.15) is 11.5 Å². The lowest BCUT2D eigenvalue weighted by molar-refractivity contribution is 0.0246. The molecule has 5 heterocycles. The number of anilines is 1. The SMILES string of the molecule is O=C(c1ccc2nccn2c1)N1CCC2(CC1)CC(O)CN(c1ccc(Cl)cn1)C2. The first-order chi connectivity index (χ1) is 14.5. The van der Waals surface area contributed by atoms with Gasteiger partial charge in [0.25, 0.3) is 5.91 Å². The van der Waals surface area contributed by atoms with Gasteiger partial charge in [0.05, 0.1) is 16.7 Å². The maximum absolute atomic E-state index is 13.0. The molecule has 2 aliphatic heterocycles. The van der Waals surface area contributed by atoms with E-state index < -0.39 is 6.10 Å². The van der Waals surface area contributed by atoms with Crippen molar-refractivity contribution in [3.05, 3.63) is 59.6 Å². The van der Waals surface area contributed by atoms with Crippen LogP contribution < -0.4 is 4.90 Å². The van der Waals surface area contributed by atoms with Crippen LogP contribution in [0.3, 0.4) is 0 Å². The molecule has 8 heteroatoms. The molecule has 1 N–H and O–H groups in total. The maximum Gasteiger partial charge on any atom is 0.255 e. The fourth-order valence-electron chi connectivity index (χ4n) is 4.86. The highest BCUT2D eigenvalue weighted by atomic mass is 35.5. The zero-order chi connectivity index (χ0) is 20.7. The van der Waals surface area contributed by atoms with Gasteiger partial charge < -0.3 is 19.3 Å². The van der Waals surface area contributed by atoms with Crippen molar-refractivity contribution in [2.75, 3.05) is 31.1 Å². The number of imidazole rings is 1. The average molecular weight is 426 g/mol. The summed E-state index contributed by atoms with van der Waals surface area (Å²) in [6, 6.07) is 7.44. The van der Waals surface area contributed by atoms with E-state index in [9.17, 15) is 9.90 Å². The molecule has 1 spiro atoms. The maximum atomic E-state index is 13.0. The number of β-amino-alcohol motifs (C(OH)–C–C–N with tert-alkyl or cyclic N) is 1. The molecule has 0 aromatic carbocycles. The normalized spacial score (nSPS) is 21.3. The van der Waals surface area contributed by atoms with Gasteiger partial charge in [-0.2, -0.15) is 0 Å². The summed E-state index contributed by atoms with van der Waals surface area (Å²) in [5.41, 5.74) is 1.49. The summed E-state index contributed by atoms with van der Waals surface area (Å²) in [4.78, 5) is 25.8. The molecule has 1 amide bonds. The number of likely N-dealkylation sites (tertiary alicyclic amines) is 1. The molecule has 2 fully saturated rings. The second-order valence-electron chi connectivity index (χ2n) is 8.48. The molecule has 0 aliphatic carbocycles. The van der Waals surface area contributed by atoms with Crippen LogP contribution in [0.15, 0.2) is 49.1 Å². The zero-order valence-electron chi connectivity index (χ0n) is 16.6. The molecule has 2 saturated heterocycles. The van der Waals surface area contributed by atoms with Crippen molar-refractivity contribution >= 4 is 29.0 Å². The van der Waals surface area contributed by atoms with Crippen LogP contribution in [0.2, 0.25) is 5.02 Å². The van der Waals surface area contributed by atoms with Crippen LogP contribution in [0, 0.1) is 5.41 Å². The second-order valence-corrected chi connectivity index (χ2v) is 8.91. The number of rotatable bonds is 2. The number of aliphatic hydroxyl groups excluding tert-OH is 1. The molecule has 0 radical (unpaired) electrons. The molecule has 30 heavy (non-hydrogen) atoms. The minimum atomic E-state index is -0.401. The topological polar surface area (TPSA) is 74.0 Å². The number of fused-ring (bicyclic) bond motifs is 1. The van der Waals surface area contributed by atoms with Crippen LogP contribution in [-0.2, 0) is 0 Å². The number of aromatic nitrogens is 3. The first-order valence-electron chi connectivity index (χ1n) is 10.3. The molecule has 7 nitrogen and oxygen atoms in total. The summed E-state index contributed by atoms with van der Waals surface area (Å²) in [7, 11) is 0. The summed E-state index contributed by atoms with van der Waals surface area (Å²) in [5, 5.41) is 11.2. The van der Waals surface area contributed by atoms with E-state index in [0.717, 1.165) is 37.3 Å². The quantitative estimate of drug-likeness (QED) is 0.683. The first-order valence-corrected chi connectivity index (χ1v) is 10.7. The van der Waals surface area contributed by atoms with Gasteiger partial charge in [-0.3, -0.25) is 4.79 Å². The predicted octanol–water partition coefficient (Wildman–Crippen LogP) is 2.88. The van der Waals surface area contributed by atoms with Gasteiger partial charge in [-0.1, -0.05) is 11.6 Å². The Balaban J connectivity index is 1.28. The lowest BCUT2D eigenvalue weighted by Crippen LogP contribution is -2.54. The summed E-state index contributed by atoms with van der Waals surface area (Å²) in [5.74, 6) is 0.887. The smallest absolute Gasteiger partial charge is 0.255 e. The third kappa shape index (κ3) is 3.63. The predicted molar refractivity (Wildman–Crippen MR) is 115 cm³/mol. The molecule has 2 aliphatic rings. The van der Waals surface area contributed by atoms with Crippen molar-refractivity contribution in [2.45, 2.75) is 25.4 Å². The number of carbonyl (C=O) groups excluding carboxylic acids is 1. The molecule has 1 atom stereocenters. The molecule has 5 rings (SSSR count). The number of amides is 1. The summed E-state index contributed by atoms with van der Waals surface area (Å²) in [6.45, 7) is 2.79. The average Bonchev–Trinajstić information content (AvgIpc) is 3.22. The molecule has 3 aromatic rings. The second kappa shape index (κ2) is 7.56. The summed E-state index contributed by atoms with van der Waals surface area (Å²) >= 11 is 5.97. The number of pyridine rings is 2. The van der Waals surface area contributed by atoms with Crippen LogP contribution in [0.25, 0.3) is 5.65 Å². The van der Waals surface area contributed by atoms with Crippen molar-refractivity contribution in [3.8, 4) is 0 Å². The van der Waals surface area contributed by atoms with E-state index in [4.69, 9.17) is 11.6 Å². The van der Waals surface area contributed by atoms with E-state index in [1.54, 1.807) is 12.4 Å². The fourth-order valence-corrected chi connectivity index (χ4v) is 4.97. The van der Waals surface area contributed by atoms with E-state index >= 15 is 0 Å². The Kier molecular flexibility index (Phi) is 4.87. The van der Waals surface area contributed by atoms with E-state index in [1.807, 2.05) is 46.0 Å². The van der Waals surface area contributed by atoms with E-state index in [-0.39, 0.29) is 11.3 Å². The molecule has 0 bridgehead atoms. The fraction of sp³-hybridized carbons (Fsp3) is 0.409. The highest BCUT2D eigenvalue weighted by Gasteiger charge is 2.42. The lowest BCUT2D eigenvalue weighted by atomic mass is 9.71. The Labute approximate surface area is 179 Å². The Morgan fingerprint density at radius 3 is 2.77 bits per heavy atom. The third-order valence-electron chi connectivity index (χ3n) is 6.41. The molecular formula is C22H24ClN5O2. The lowest BCUT2D eigenvalue weighted by Gasteiger charge is -2.49. The summed E-state index contributed by atoms with van der Waals surface area (Å²) in [6.07, 6.45) is 9.16. The van der Waals surface area contributed by atoms with Gasteiger partial charge in [-0.05, 0) is 48.9 Å². The van der Waals surface area contributed by atoms with Crippen LogP contribution >= 0.6 is 11.6 Å². The number of aliphatic hydroxyl groups is 1. The van der Waals surface area contributed by atoms with Crippen molar-refractivity contribution in [2.24, 2.45) is 5.41 Å². The van der Waals surface area contributed by atoms with E-state index in [2.05, 4.69) is 14.9 Å². The number of nitrogens with zero attached hydrogens (tertiary/aromatic N) is 5. The highest BCUT2D eigenvalue weighted by molar-refractivity contribution is 6.30. The molecular weight excluding hydrogens is 402 g/mol. The Bertz CT molecular complexity index is 1060. The minimum absolute atomic E-state index is 0.00986. The van der Waals surface area contributed by atoms with E-state index in [1.165, 1.54) is 0 Å². The van der Waals surface area contributed by atoms with Gasteiger partial charge in [-0.25, -0.2) is 9.97 Å². The highest BCUT2D eigenvalue weighted by Crippen LogP contribution is 2.41. The largest absolute Gasteiger partial charge is 0.391 e. The van der Waals surface area contributed by atoms with Crippen LogP contribution in [0.1, 0.15) is 29.6 Å². The van der Waals surface area contributed by atoms with Crippen LogP contribution in [0.4, 0.5) is 5.82 Å². The Hall–Kier alpha value is -2.64. The molecule has 1 unspecified atom stereocenters. The molecule has 3 aromatic heterocycles. The van der Waals surface area contributed by atoms with Crippen LogP contribution in [0.5, 0.6) is 0 Å². The number of halogens is 1. The van der Waals surface area contributed by atoms with E-state index in [0.29, 0.717) is 30.2 Å².